The van der Waals surface area contributed by atoms with Crippen LogP contribution in [0.4, 0.5) is 0 Å². The van der Waals surface area contributed by atoms with Gasteiger partial charge in [-0.15, -0.1) is 17.7 Å². The Morgan fingerprint density at radius 1 is 0.788 bits per heavy atom. The molecule has 2 heterocycles. The highest BCUT2D eigenvalue weighted by Crippen LogP contribution is 2.38. The molecule has 2 aromatic heterocycles. The fourth-order valence-corrected chi connectivity index (χ4v) is 4.73. The minimum atomic E-state index is -0.0486. The summed E-state index contributed by atoms with van der Waals surface area (Å²) in [5.41, 5.74) is 5.80. The van der Waals surface area contributed by atoms with Crippen LogP contribution in [0.2, 0.25) is 0 Å². The first-order chi connectivity index (χ1) is 16.3. The van der Waals surface area contributed by atoms with Gasteiger partial charge in [0, 0.05) is 11.1 Å². The number of ether oxygens (including phenoxy) is 1. The Balaban J connectivity index is 1.76. The molecule has 0 fully saturated rings. The lowest BCUT2D eigenvalue weighted by Gasteiger charge is -2.15. The van der Waals surface area contributed by atoms with Gasteiger partial charge in [0.05, 0.1) is 30.2 Å². The topological polar surface area (TPSA) is 35.6 Å². The lowest BCUT2D eigenvalue weighted by molar-refractivity contribution is 0.414. The quantitative estimate of drug-likeness (QED) is 0.326. The van der Waals surface area contributed by atoms with Crippen molar-refractivity contribution in [3.8, 4) is 16.9 Å². The maximum Gasteiger partial charge on any atom is 0.333 e. The van der Waals surface area contributed by atoms with Gasteiger partial charge in [0.1, 0.15) is 0 Å². The normalized spacial score (nSPS) is 11.4. The molecular formula is C29H21N2O2-. The number of para-hydroxylation sites is 2. The summed E-state index contributed by atoms with van der Waals surface area (Å²) < 4.78 is 9.04. The van der Waals surface area contributed by atoms with Crippen LogP contribution in [0.15, 0.2) is 102 Å². The van der Waals surface area contributed by atoms with Gasteiger partial charge in [0.15, 0.2) is 0 Å². The largest absolute Gasteiger partial charge is 0.523 e. The number of nitrogens with zero attached hydrogens (tertiary/aromatic N) is 2. The van der Waals surface area contributed by atoms with E-state index in [0.717, 1.165) is 44.0 Å². The van der Waals surface area contributed by atoms with Crippen LogP contribution >= 0.6 is 0 Å². The van der Waals surface area contributed by atoms with E-state index in [1.165, 1.54) is 0 Å². The van der Waals surface area contributed by atoms with Crippen molar-refractivity contribution in [3.05, 3.63) is 119 Å². The van der Waals surface area contributed by atoms with Gasteiger partial charge in [-0.1, -0.05) is 66.7 Å². The maximum atomic E-state index is 14.0. The zero-order valence-electron chi connectivity index (χ0n) is 18.2. The highest BCUT2D eigenvalue weighted by Gasteiger charge is 2.18. The van der Waals surface area contributed by atoms with Crippen LogP contribution in [0.25, 0.3) is 38.4 Å². The minimum Gasteiger partial charge on any atom is -0.523 e. The molecule has 0 aliphatic heterocycles. The van der Waals surface area contributed by atoms with Gasteiger partial charge >= 0.3 is 5.69 Å². The van der Waals surface area contributed by atoms with Crippen LogP contribution in [0.3, 0.4) is 0 Å². The SMILES string of the molecule is COc1[c-]cc(-c2c3ccccc3n3c(=O)n(Cc4ccccc4)c4ccccc4c23)cc1. The van der Waals surface area contributed by atoms with E-state index in [4.69, 9.17) is 4.74 Å². The number of aromatic nitrogens is 2. The van der Waals surface area contributed by atoms with Crippen molar-refractivity contribution in [2.75, 3.05) is 7.11 Å². The third kappa shape index (κ3) is 3.03. The summed E-state index contributed by atoms with van der Waals surface area (Å²) >= 11 is 0. The number of methoxy groups -OCH3 is 1. The average Bonchev–Trinajstić information content (AvgIpc) is 3.23. The number of hydrogen-bond acceptors (Lipinski definition) is 2. The molecule has 0 N–H and O–H groups in total. The van der Waals surface area contributed by atoms with Crippen molar-refractivity contribution in [3.63, 3.8) is 0 Å². The van der Waals surface area contributed by atoms with E-state index >= 15 is 0 Å². The molecule has 0 aliphatic carbocycles. The molecule has 0 spiro atoms. The van der Waals surface area contributed by atoms with E-state index in [9.17, 15) is 4.79 Å². The standard InChI is InChI=1S/C29H21N2O2/c1-33-22-17-15-21(16-18-22)27-23-11-5-8-14-26(23)31-28(27)24-12-6-7-13-25(24)30(29(31)32)19-20-9-3-2-4-10-20/h2-17H,19H2,1H3/q-1. The van der Waals surface area contributed by atoms with E-state index in [1.54, 1.807) is 7.11 Å². The molecule has 0 aliphatic rings. The molecule has 6 rings (SSSR count). The van der Waals surface area contributed by atoms with Crippen molar-refractivity contribution in [1.82, 2.24) is 8.97 Å². The molecule has 0 bridgehead atoms. The van der Waals surface area contributed by atoms with Crippen LogP contribution in [0, 0.1) is 6.07 Å². The fraction of sp³-hybridized carbons (Fsp3) is 0.0690. The van der Waals surface area contributed by atoms with Gasteiger partial charge in [-0.25, -0.2) is 4.79 Å². The molecule has 0 atom stereocenters. The molecule has 4 aromatic carbocycles. The Hall–Kier alpha value is -4.31. The second-order valence-electron chi connectivity index (χ2n) is 8.09. The molecule has 0 saturated heterocycles. The van der Waals surface area contributed by atoms with Crippen LogP contribution < -0.4 is 10.4 Å². The monoisotopic (exact) mass is 429 g/mol. The summed E-state index contributed by atoms with van der Waals surface area (Å²) in [6.07, 6.45) is 0. The summed E-state index contributed by atoms with van der Waals surface area (Å²) in [7, 11) is 1.64. The van der Waals surface area contributed by atoms with Crippen molar-refractivity contribution in [1.29, 1.82) is 0 Å². The first kappa shape index (κ1) is 19.4. The summed E-state index contributed by atoms with van der Waals surface area (Å²) in [6, 6.07) is 35.4. The summed E-state index contributed by atoms with van der Waals surface area (Å²) in [5.74, 6) is 0.682. The third-order valence-corrected chi connectivity index (χ3v) is 6.22. The lowest BCUT2D eigenvalue weighted by Crippen LogP contribution is -2.27. The Kier molecular flexibility index (Phi) is 4.51. The zero-order chi connectivity index (χ0) is 22.4. The molecule has 6 aromatic rings. The van der Waals surface area contributed by atoms with E-state index in [1.807, 2.05) is 81.8 Å². The third-order valence-electron chi connectivity index (χ3n) is 6.22. The van der Waals surface area contributed by atoms with Gasteiger partial charge in [-0.3, -0.25) is 8.97 Å². The molecule has 0 radical (unpaired) electrons. The molecule has 160 valence electrons. The van der Waals surface area contributed by atoms with Gasteiger partial charge in [0.25, 0.3) is 0 Å². The highest BCUT2D eigenvalue weighted by atomic mass is 16.5. The second kappa shape index (κ2) is 7.68. The van der Waals surface area contributed by atoms with Crippen molar-refractivity contribution in [2.45, 2.75) is 6.54 Å². The Morgan fingerprint density at radius 3 is 2.21 bits per heavy atom. The number of rotatable bonds is 4. The molecule has 0 saturated carbocycles. The van der Waals surface area contributed by atoms with Crippen LogP contribution in [0.5, 0.6) is 5.75 Å². The summed E-state index contributed by atoms with van der Waals surface area (Å²) in [5, 5.41) is 2.07. The zero-order valence-corrected chi connectivity index (χ0v) is 18.2. The Morgan fingerprint density at radius 2 is 1.48 bits per heavy atom. The van der Waals surface area contributed by atoms with Gasteiger partial charge in [-0.2, -0.15) is 12.1 Å². The van der Waals surface area contributed by atoms with Crippen LogP contribution in [-0.2, 0) is 6.54 Å². The van der Waals surface area contributed by atoms with Gasteiger partial charge in [0.2, 0.25) is 0 Å². The summed E-state index contributed by atoms with van der Waals surface area (Å²) in [6.45, 7) is 0.508. The number of fused-ring (bicyclic) bond motifs is 5. The van der Waals surface area contributed by atoms with Crippen molar-refractivity contribution >= 4 is 27.3 Å². The fourth-order valence-electron chi connectivity index (χ4n) is 4.73. The highest BCUT2D eigenvalue weighted by molar-refractivity contribution is 6.13. The first-order valence-corrected chi connectivity index (χ1v) is 10.9. The number of hydrogen-bond donors (Lipinski definition) is 0. The van der Waals surface area contributed by atoms with E-state index in [0.29, 0.717) is 12.3 Å². The predicted octanol–water partition coefficient (Wildman–Crippen LogP) is 5.93. The van der Waals surface area contributed by atoms with Gasteiger partial charge in [-0.05, 0) is 28.6 Å². The van der Waals surface area contributed by atoms with Gasteiger partial charge < -0.3 is 4.74 Å². The average molecular weight is 429 g/mol. The summed E-state index contributed by atoms with van der Waals surface area (Å²) in [4.78, 5) is 14.0. The van der Waals surface area contributed by atoms with E-state index in [-0.39, 0.29) is 5.69 Å². The van der Waals surface area contributed by atoms with Crippen molar-refractivity contribution in [2.24, 2.45) is 0 Å². The molecule has 33 heavy (non-hydrogen) atoms. The molecule has 4 heteroatoms. The Bertz CT molecular complexity index is 1680. The molecule has 4 nitrogen and oxygen atoms in total. The molecule has 0 amide bonds. The maximum absolute atomic E-state index is 14.0. The lowest BCUT2D eigenvalue weighted by atomic mass is 10.0. The van der Waals surface area contributed by atoms with Crippen LogP contribution in [0.1, 0.15) is 5.56 Å². The first-order valence-electron chi connectivity index (χ1n) is 10.9. The molecule has 0 unspecified atom stereocenters. The minimum absolute atomic E-state index is 0.0486. The molecular weight excluding hydrogens is 408 g/mol. The van der Waals surface area contributed by atoms with Crippen molar-refractivity contribution < 1.29 is 4.74 Å². The van der Waals surface area contributed by atoms with E-state index < -0.39 is 0 Å². The number of benzene rings is 4. The second-order valence-corrected chi connectivity index (χ2v) is 8.09. The van der Waals surface area contributed by atoms with Crippen LogP contribution in [-0.4, -0.2) is 16.1 Å². The van der Waals surface area contributed by atoms with E-state index in [2.05, 4.69) is 30.3 Å². The predicted molar refractivity (Wildman–Crippen MR) is 133 cm³/mol. The smallest absolute Gasteiger partial charge is 0.333 e. The Labute approximate surface area is 190 Å².